The summed E-state index contributed by atoms with van der Waals surface area (Å²) in [5, 5.41) is 5.00. The number of hydrogen-bond donors (Lipinski definition) is 2. The fourth-order valence-electron chi connectivity index (χ4n) is 2.84. The van der Waals surface area contributed by atoms with Crippen LogP contribution in [0.1, 0.15) is 31.1 Å². The predicted octanol–water partition coefficient (Wildman–Crippen LogP) is 3.49. The summed E-state index contributed by atoms with van der Waals surface area (Å²) in [5.41, 5.74) is 4.15. The van der Waals surface area contributed by atoms with Crippen molar-refractivity contribution in [3.05, 3.63) is 29.5 Å². The topological polar surface area (TPSA) is 27.8 Å². The number of rotatable bonds is 1. The first-order valence-electron chi connectivity index (χ1n) is 6.13. The highest BCUT2D eigenvalue weighted by molar-refractivity contribution is 7.98. The molecule has 0 bridgehead atoms. The van der Waals surface area contributed by atoms with Crippen LogP contribution in [0, 0.1) is 0 Å². The molecule has 0 saturated carbocycles. The maximum atomic E-state index is 3.59. The monoisotopic (exact) mass is 246 g/mol. The molecule has 0 fully saturated rings. The Balaban J connectivity index is 2.22. The van der Waals surface area contributed by atoms with Crippen LogP contribution in [0.2, 0.25) is 0 Å². The molecule has 3 heteroatoms. The van der Waals surface area contributed by atoms with Gasteiger partial charge in [0.1, 0.15) is 0 Å². The lowest BCUT2D eigenvalue weighted by molar-refractivity contribution is 0.441. The van der Waals surface area contributed by atoms with Gasteiger partial charge in [0.2, 0.25) is 0 Å². The third-order valence-electron chi connectivity index (χ3n) is 3.62. The Labute approximate surface area is 106 Å². The Hall–Kier alpha value is -0.930. The molecule has 0 amide bonds. The molecule has 2 heterocycles. The maximum Gasteiger partial charge on any atom is 0.0460 e. The van der Waals surface area contributed by atoms with E-state index in [0.29, 0.717) is 12.1 Å². The first kappa shape index (κ1) is 11.2. The Morgan fingerprint density at radius 3 is 2.88 bits per heavy atom. The minimum absolute atomic E-state index is 0.430. The highest BCUT2D eigenvalue weighted by Gasteiger charge is 2.24. The van der Waals surface area contributed by atoms with E-state index in [-0.39, 0.29) is 0 Å². The summed E-state index contributed by atoms with van der Waals surface area (Å²) in [6, 6.07) is 7.71. The van der Waals surface area contributed by atoms with Gasteiger partial charge in [0.15, 0.2) is 0 Å². The third-order valence-corrected chi connectivity index (χ3v) is 4.35. The SMILES string of the molecule is CSc1ccc2[nH]c3c(c2c1)C[C@@H](C)N[C@@H]3C. The van der Waals surface area contributed by atoms with Gasteiger partial charge in [-0.2, -0.15) is 0 Å². The molecule has 1 aromatic carbocycles. The Bertz CT molecular complexity index is 559. The van der Waals surface area contributed by atoms with Crippen molar-refractivity contribution in [3.8, 4) is 0 Å². The number of aromatic amines is 1. The minimum atomic E-state index is 0.430. The van der Waals surface area contributed by atoms with Crippen LogP contribution in [-0.4, -0.2) is 17.3 Å². The van der Waals surface area contributed by atoms with E-state index in [2.05, 4.69) is 48.6 Å². The van der Waals surface area contributed by atoms with Gasteiger partial charge in [0.25, 0.3) is 0 Å². The molecule has 0 radical (unpaired) electrons. The zero-order valence-corrected chi connectivity index (χ0v) is 11.3. The van der Waals surface area contributed by atoms with Gasteiger partial charge in [-0.25, -0.2) is 0 Å². The quantitative estimate of drug-likeness (QED) is 0.754. The molecule has 1 aliphatic heterocycles. The van der Waals surface area contributed by atoms with Crippen molar-refractivity contribution >= 4 is 22.7 Å². The number of hydrogen-bond acceptors (Lipinski definition) is 2. The second-order valence-electron chi connectivity index (χ2n) is 4.92. The smallest absolute Gasteiger partial charge is 0.0460 e. The second kappa shape index (κ2) is 4.07. The van der Waals surface area contributed by atoms with Gasteiger partial charge in [0, 0.05) is 33.6 Å². The first-order chi connectivity index (χ1) is 8.19. The van der Waals surface area contributed by atoms with E-state index in [0.717, 1.165) is 6.42 Å². The van der Waals surface area contributed by atoms with Crippen molar-refractivity contribution in [1.29, 1.82) is 0 Å². The number of thioether (sulfide) groups is 1. The fraction of sp³-hybridized carbons (Fsp3) is 0.429. The van der Waals surface area contributed by atoms with E-state index in [1.54, 1.807) is 0 Å². The largest absolute Gasteiger partial charge is 0.357 e. The molecule has 17 heavy (non-hydrogen) atoms. The summed E-state index contributed by atoms with van der Waals surface area (Å²) in [6.45, 7) is 4.50. The lowest BCUT2D eigenvalue weighted by Crippen LogP contribution is -2.35. The second-order valence-corrected chi connectivity index (χ2v) is 5.80. The zero-order chi connectivity index (χ0) is 12.0. The number of H-pyrrole nitrogens is 1. The van der Waals surface area contributed by atoms with Crippen molar-refractivity contribution < 1.29 is 0 Å². The molecule has 0 spiro atoms. The van der Waals surface area contributed by atoms with Gasteiger partial charge >= 0.3 is 0 Å². The predicted molar refractivity (Wildman–Crippen MR) is 74.8 cm³/mol. The summed E-state index contributed by atoms with van der Waals surface area (Å²) >= 11 is 1.81. The van der Waals surface area contributed by atoms with Crippen LogP contribution in [-0.2, 0) is 6.42 Å². The normalized spacial score (nSPS) is 23.9. The summed E-state index contributed by atoms with van der Waals surface area (Å²) in [7, 11) is 0. The Morgan fingerprint density at radius 1 is 1.29 bits per heavy atom. The molecule has 0 saturated heterocycles. The van der Waals surface area contributed by atoms with Crippen LogP contribution >= 0.6 is 11.8 Å². The molecule has 2 aromatic rings. The average Bonchev–Trinajstić information content (AvgIpc) is 2.67. The molecule has 1 aromatic heterocycles. The lowest BCUT2D eigenvalue weighted by Gasteiger charge is -2.26. The van der Waals surface area contributed by atoms with Crippen LogP contribution < -0.4 is 5.32 Å². The van der Waals surface area contributed by atoms with Gasteiger partial charge in [-0.1, -0.05) is 0 Å². The summed E-state index contributed by atoms with van der Waals surface area (Å²) in [6.07, 6.45) is 3.25. The van der Waals surface area contributed by atoms with Crippen molar-refractivity contribution in [2.24, 2.45) is 0 Å². The van der Waals surface area contributed by atoms with Crippen LogP contribution in [0.15, 0.2) is 23.1 Å². The van der Waals surface area contributed by atoms with Crippen LogP contribution in [0.4, 0.5) is 0 Å². The standard InChI is InChI=1S/C14H18N2S/c1-8-6-12-11-7-10(17-3)4-5-13(11)16-14(12)9(2)15-8/h4-5,7-9,15-16H,6H2,1-3H3/t8-,9-/m1/s1. The number of fused-ring (bicyclic) bond motifs is 3. The van der Waals surface area contributed by atoms with E-state index in [9.17, 15) is 0 Å². The summed E-state index contributed by atoms with van der Waals surface area (Å²) in [5.74, 6) is 0. The molecule has 0 aliphatic carbocycles. The van der Waals surface area contributed by atoms with Gasteiger partial charge in [0.05, 0.1) is 0 Å². The summed E-state index contributed by atoms with van der Waals surface area (Å²) in [4.78, 5) is 4.91. The number of nitrogens with one attached hydrogen (secondary N) is 2. The van der Waals surface area contributed by atoms with Gasteiger partial charge in [-0.3, -0.25) is 0 Å². The Kier molecular flexibility index (Phi) is 2.68. The number of aromatic nitrogens is 1. The maximum absolute atomic E-state index is 3.59. The van der Waals surface area contributed by atoms with Crippen LogP contribution in [0.3, 0.4) is 0 Å². The molecule has 90 valence electrons. The van der Waals surface area contributed by atoms with Gasteiger partial charge in [-0.05, 0) is 50.3 Å². The molecular formula is C14H18N2S. The molecular weight excluding hydrogens is 228 g/mol. The molecule has 2 N–H and O–H groups in total. The van der Waals surface area contributed by atoms with Crippen molar-refractivity contribution in [1.82, 2.24) is 10.3 Å². The zero-order valence-electron chi connectivity index (χ0n) is 10.5. The van der Waals surface area contributed by atoms with Gasteiger partial charge in [-0.15, -0.1) is 11.8 Å². The van der Waals surface area contributed by atoms with E-state index >= 15 is 0 Å². The van der Waals surface area contributed by atoms with Crippen LogP contribution in [0.25, 0.3) is 10.9 Å². The third kappa shape index (κ3) is 1.78. The molecule has 0 unspecified atom stereocenters. The van der Waals surface area contributed by atoms with Crippen molar-refractivity contribution in [2.45, 2.75) is 37.2 Å². The highest BCUT2D eigenvalue weighted by atomic mass is 32.2. The Morgan fingerprint density at radius 2 is 2.12 bits per heavy atom. The van der Waals surface area contributed by atoms with E-state index in [1.807, 2.05) is 11.8 Å². The van der Waals surface area contributed by atoms with E-state index in [4.69, 9.17) is 0 Å². The van der Waals surface area contributed by atoms with E-state index < -0.39 is 0 Å². The molecule has 3 rings (SSSR count). The first-order valence-corrected chi connectivity index (χ1v) is 7.36. The summed E-state index contributed by atoms with van der Waals surface area (Å²) < 4.78 is 0. The van der Waals surface area contributed by atoms with Crippen molar-refractivity contribution in [3.63, 3.8) is 0 Å². The average molecular weight is 246 g/mol. The molecule has 2 nitrogen and oxygen atoms in total. The number of benzene rings is 1. The van der Waals surface area contributed by atoms with Crippen LogP contribution in [0.5, 0.6) is 0 Å². The molecule has 2 atom stereocenters. The molecule has 1 aliphatic rings. The van der Waals surface area contributed by atoms with E-state index in [1.165, 1.54) is 27.1 Å². The van der Waals surface area contributed by atoms with Gasteiger partial charge < -0.3 is 10.3 Å². The van der Waals surface area contributed by atoms with Crippen molar-refractivity contribution in [2.75, 3.05) is 6.26 Å². The highest BCUT2D eigenvalue weighted by Crippen LogP contribution is 2.33. The fourth-order valence-corrected chi connectivity index (χ4v) is 3.28. The lowest BCUT2D eigenvalue weighted by atomic mass is 9.96. The minimum Gasteiger partial charge on any atom is -0.357 e.